The van der Waals surface area contributed by atoms with E-state index in [1.54, 1.807) is 0 Å². The van der Waals surface area contributed by atoms with Crippen LogP contribution in [0.25, 0.3) is 0 Å². The molecular formula is C3H7N2NaO2. The van der Waals surface area contributed by atoms with E-state index in [0.29, 0.717) is 0 Å². The summed E-state index contributed by atoms with van der Waals surface area (Å²) in [6, 6.07) is 0. The van der Waals surface area contributed by atoms with Crippen molar-refractivity contribution in [3.8, 4) is 0 Å². The van der Waals surface area contributed by atoms with Gasteiger partial charge in [-0.05, 0) is 0 Å². The molecule has 4 N–H and O–H groups in total. The summed E-state index contributed by atoms with van der Waals surface area (Å²) in [6.07, 6.45) is -0.361. The number of hydrogen-bond donors (Lipinski definition) is 2. The first-order chi connectivity index (χ1) is 3.13. The van der Waals surface area contributed by atoms with Crippen LogP contribution in [0.5, 0.6) is 0 Å². The van der Waals surface area contributed by atoms with Gasteiger partial charge in [-0.15, -0.1) is 0 Å². The van der Waals surface area contributed by atoms with E-state index in [2.05, 4.69) is 11.5 Å². The van der Waals surface area contributed by atoms with Crippen LogP contribution in [0.4, 0.5) is 0 Å². The second kappa shape index (κ2) is 5.08. The third-order valence-electron chi connectivity index (χ3n) is 0.348. The molecule has 0 aliphatic carbocycles. The number of amides is 2. The first kappa shape index (κ1) is 10.8. The molecule has 0 aliphatic rings. The van der Waals surface area contributed by atoms with E-state index in [-0.39, 0.29) is 37.4 Å². The van der Waals surface area contributed by atoms with E-state index < -0.39 is 11.8 Å². The zero-order chi connectivity index (χ0) is 5.86. The molecule has 0 rings (SSSR count). The summed E-state index contributed by atoms with van der Waals surface area (Å²) in [5.74, 6) is -1.37. The molecule has 0 atom stereocenters. The van der Waals surface area contributed by atoms with E-state index in [9.17, 15) is 9.59 Å². The van der Waals surface area contributed by atoms with Gasteiger partial charge in [-0.2, -0.15) is 0 Å². The molecule has 0 saturated heterocycles. The molecule has 8 heavy (non-hydrogen) atoms. The smallest absolute Gasteiger partial charge is 1.00 e. The Morgan fingerprint density at radius 1 is 1.25 bits per heavy atom. The molecule has 0 saturated carbocycles. The van der Waals surface area contributed by atoms with E-state index in [4.69, 9.17) is 0 Å². The van der Waals surface area contributed by atoms with Gasteiger partial charge in [0, 0.05) is 0 Å². The average molecular weight is 126 g/mol. The first-order valence-electron chi connectivity index (χ1n) is 1.69. The van der Waals surface area contributed by atoms with E-state index >= 15 is 0 Å². The normalized spacial score (nSPS) is 7.00. The predicted molar refractivity (Wildman–Crippen MR) is 24.1 cm³/mol. The van der Waals surface area contributed by atoms with Crippen LogP contribution in [-0.4, -0.2) is 11.8 Å². The molecule has 0 bridgehead atoms. The van der Waals surface area contributed by atoms with Crippen LogP contribution in [0.2, 0.25) is 0 Å². The van der Waals surface area contributed by atoms with Gasteiger partial charge in [0.1, 0.15) is 6.42 Å². The van der Waals surface area contributed by atoms with Crippen molar-refractivity contribution in [1.82, 2.24) is 0 Å². The molecule has 0 aromatic heterocycles. The van der Waals surface area contributed by atoms with Gasteiger partial charge in [-0.25, -0.2) is 0 Å². The minimum atomic E-state index is -0.687. The Morgan fingerprint density at radius 3 is 1.50 bits per heavy atom. The summed E-state index contributed by atoms with van der Waals surface area (Å²) in [7, 11) is 0. The summed E-state index contributed by atoms with van der Waals surface area (Å²) in [6.45, 7) is 0. The zero-order valence-corrected chi connectivity index (χ0v) is 6.68. The van der Waals surface area contributed by atoms with Crippen LogP contribution in [0.15, 0.2) is 0 Å². The second-order valence-corrected chi connectivity index (χ2v) is 1.11. The predicted octanol–water partition coefficient (Wildman–Crippen LogP) is -4.54. The van der Waals surface area contributed by atoms with Gasteiger partial charge in [-0.1, -0.05) is 0 Å². The molecular weight excluding hydrogens is 119 g/mol. The summed E-state index contributed by atoms with van der Waals surface area (Å²) >= 11 is 0. The molecule has 0 spiro atoms. The fourth-order valence-electron chi connectivity index (χ4n) is 0.172. The summed E-state index contributed by atoms with van der Waals surface area (Å²) in [5.41, 5.74) is 9.11. The quantitative estimate of drug-likeness (QED) is 0.288. The summed E-state index contributed by atoms with van der Waals surface area (Å²) < 4.78 is 0. The molecule has 0 aromatic carbocycles. The van der Waals surface area contributed by atoms with Gasteiger partial charge in [-0.3, -0.25) is 9.59 Å². The Labute approximate surface area is 70.4 Å². The minimum absolute atomic E-state index is 0. The maximum Gasteiger partial charge on any atom is 1.00 e. The number of primary amides is 2. The molecule has 2 amide bonds. The Kier molecular flexibility index (Phi) is 6.89. The van der Waals surface area contributed by atoms with Crippen molar-refractivity contribution in [3.05, 3.63) is 0 Å². The van der Waals surface area contributed by atoms with Crippen molar-refractivity contribution < 1.29 is 40.6 Å². The van der Waals surface area contributed by atoms with Crippen LogP contribution in [0.3, 0.4) is 0 Å². The van der Waals surface area contributed by atoms with Crippen molar-refractivity contribution in [2.75, 3.05) is 0 Å². The summed E-state index contributed by atoms with van der Waals surface area (Å²) in [4.78, 5) is 19.5. The van der Waals surface area contributed by atoms with Crippen LogP contribution < -0.4 is 41.0 Å². The second-order valence-electron chi connectivity index (χ2n) is 1.11. The topological polar surface area (TPSA) is 86.2 Å². The third-order valence-corrected chi connectivity index (χ3v) is 0.348. The van der Waals surface area contributed by atoms with Gasteiger partial charge in [0.15, 0.2) is 0 Å². The Hall–Kier alpha value is -0.0600. The number of rotatable bonds is 2. The number of carbonyl (C=O) groups is 2. The van der Waals surface area contributed by atoms with E-state index in [0.717, 1.165) is 0 Å². The fraction of sp³-hybridized carbons (Fsp3) is 0.333. The Morgan fingerprint density at radius 2 is 1.50 bits per heavy atom. The molecule has 0 aliphatic heterocycles. The zero-order valence-electron chi connectivity index (χ0n) is 5.68. The number of carbonyl (C=O) groups excluding carboxylic acids is 2. The molecule has 42 valence electrons. The number of nitrogens with two attached hydrogens (primary N) is 2. The Bertz CT molecular complexity index is 96.0. The van der Waals surface area contributed by atoms with Crippen LogP contribution in [0, 0.1) is 0 Å². The molecule has 0 unspecified atom stereocenters. The first-order valence-corrected chi connectivity index (χ1v) is 1.69. The fourth-order valence-corrected chi connectivity index (χ4v) is 0.172. The maximum atomic E-state index is 9.73. The maximum absolute atomic E-state index is 9.73. The van der Waals surface area contributed by atoms with Gasteiger partial charge < -0.3 is 12.9 Å². The van der Waals surface area contributed by atoms with Crippen molar-refractivity contribution in [1.29, 1.82) is 0 Å². The van der Waals surface area contributed by atoms with Crippen LogP contribution in [-0.2, 0) is 9.59 Å². The molecule has 0 aromatic rings. The number of hydrogen-bond acceptors (Lipinski definition) is 2. The molecule has 5 heteroatoms. The van der Waals surface area contributed by atoms with Crippen LogP contribution >= 0.6 is 0 Å². The Balaban J connectivity index is -0.000000180. The molecule has 4 nitrogen and oxygen atoms in total. The van der Waals surface area contributed by atoms with Crippen molar-refractivity contribution >= 4 is 11.8 Å². The van der Waals surface area contributed by atoms with Crippen molar-refractivity contribution in [2.45, 2.75) is 6.42 Å². The van der Waals surface area contributed by atoms with Crippen molar-refractivity contribution in [2.24, 2.45) is 11.5 Å². The van der Waals surface area contributed by atoms with E-state index in [1.165, 1.54) is 0 Å². The minimum Gasteiger partial charge on any atom is -1.00 e. The van der Waals surface area contributed by atoms with Gasteiger partial charge >= 0.3 is 29.6 Å². The van der Waals surface area contributed by atoms with Gasteiger partial charge in [0.25, 0.3) is 0 Å². The average Bonchev–Trinajstić information content (AvgIpc) is 1.27. The molecule has 0 radical (unpaired) electrons. The van der Waals surface area contributed by atoms with E-state index in [1.807, 2.05) is 0 Å². The third kappa shape index (κ3) is 9.34. The van der Waals surface area contributed by atoms with Gasteiger partial charge in [0.05, 0.1) is 0 Å². The van der Waals surface area contributed by atoms with Gasteiger partial charge in [0.2, 0.25) is 11.8 Å². The monoisotopic (exact) mass is 126 g/mol. The molecule has 0 fully saturated rings. The molecule has 0 heterocycles. The summed E-state index contributed by atoms with van der Waals surface area (Å²) in [5, 5.41) is 0. The SMILES string of the molecule is NC(=O)CC(N)=O.[H-].[Na+]. The van der Waals surface area contributed by atoms with Crippen LogP contribution in [0.1, 0.15) is 7.85 Å². The standard InChI is InChI=1S/C3H6N2O2.Na.H/c4-2(6)1-3(5)7;;/h1H2,(H2,4,6)(H2,5,7);;/q;+1;-1. The van der Waals surface area contributed by atoms with Crippen molar-refractivity contribution in [3.63, 3.8) is 0 Å². The largest absolute Gasteiger partial charge is 1.00 e.